The minimum absolute atomic E-state index is 0.303. The predicted octanol–water partition coefficient (Wildman–Crippen LogP) is 2.65. The third-order valence-electron chi connectivity index (χ3n) is 2.61. The molecule has 0 fully saturated rings. The van der Waals surface area contributed by atoms with Gasteiger partial charge in [-0.05, 0) is 38.0 Å². The summed E-state index contributed by atoms with van der Waals surface area (Å²) < 4.78 is 21.5. The standard InChI is InChI=1S/C15H24O4/c1-4-17-15(18-5-2)12-19-14-8-6-13(7-9-14)10-11-16-3/h6-9,15H,4-5,10-12H2,1-3H3. The van der Waals surface area contributed by atoms with Crippen molar-refractivity contribution < 1.29 is 18.9 Å². The molecule has 0 radical (unpaired) electrons. The van der Waals surface area contributed by atoms with E-state index < -0.39 is 0 Å². The van der Waals surface area contributed by atoms with Crippen LogP contribution in [0.2, 0.25) is 0 Å². The van der Waals surface area contributed by atoms with Crippen LogP contribution in [0.1, 0.15) is 19.4 Å². The molecule has 0 heterocycles. The summed E-state index contributed by atoms with van der Waals surface area (Å²) in [7, 11) is 1.71. The van der Waals surface area contributed by atoms with E-state index in [1.165, 1.54) is 5.56 Å². The Morgan fingerprint density at radius 2 is 1.63 bits per heavy atom. The van der Waals surface area contributed by atoms with Gasteiger partial charge in [0.1, 0.15) is 12.4 Å². The fourth-order valence-electron chi connectivity index (χ4n) is 1.65. The lowest BCUT2D eigenvalue weighted by atomic mass is 10.1. The number of benzene rings is 1. The molecule has 0 aliphatic heterocycles. The topological polar surface area (TPSA) is 36.9 Å². The SMILES string of the molecule is CCOC(COc1ccc(CCOC)cc1)OCC. The summed E-state index contributed by atoms with van der Waals surface area (Å²) in [5.41, 5.74) is 1.24. The fraction of sp³-hybridized carbons (Fsp3) is 0.600. The maximum atomic E-state index is 5.65. The van der Waals surface area contributed by atoms with Crippen molar-refractivity contribution in [1.82, 2.24) is 0 Å². The molecule has 0 N–H and O–H groups in total. The van der Waals surface area contributed by atoms with Crippen LogP contribution in [-0.2, 0) is 20.6 Å². The third-order valence-corrected chi connectivity index (χ3v) is 2.61. The molecule has 0 bridgehead atoms. The molecule has 1 aromatic rings. The highest BCUT2D eigenvalue weighted by molar-refractivity contribution is 5.27. The lowest BCUT2D eigenvalue weighted by molar-refractivity contribution is -0.152. The molecule has 1 aromatic carbocycles. The summed E-state index contributed by atoms with van der Waals surface area (Å²) in [6.45, 7) is 6.25. The van der Waals surface area contributed by atoms with Gasteiger partial charge in [-0.3, -0.25) is 0 Å². The number of methoxy groups -OCH3 is 1. The van der Waals surface area contributed by atoms with E-state index in [-0.39, 0.29) is 6.29 Å². The summed E-state index contributed by atoms with van der Waals surface area (Å²) in [5, 5.41) is 0. The molecule has 0 amide bonds. The van der Waals surface area contributed by atoms with Gasteiger partial charge in [0.25, 0.3) is 0 Å². The molecule has 108 valence electrons. The van der Waals surface area contributed by atoms with Crippen molar-refractivity contribution in [1.29, 1.82) is 0 Å². The summed E-state index contributed by atoms with van der Waals surface area (Å²) in [6.07, 6.45) is 0.611. The predicted molar refractivity (Wildman–Crippen MR) is 74.6 cm³/mol. The Bertz CT molecular complexity index is 317. The summed E-state index contributed by atoms with van der Waals surface area (Å²) in [4.78, 5) is 0. The van der Waals surface area contributed by atoms with Crippen LogP contribution in [0, 0.1) is 0 Å². The van der Waals surface area contributed by atoms with E-state index in [2.05, 4.69) is 0 Å². The molecule has 0 unspecified atom stereocenters. The molecule has 0 spiro atoms. The maximum Gasteiger partial charge on any atom is 0.191 e. The molecule has 4 heteroatoms. The molecular weight excluding hydrogens is 244 g/mol. The van der Waals surface area contributed by atoms with Crippen molar-refractivity contribution >= 4 is 0 Å². The fourth-order valence-corrected chi connectivity index (χ4v) is 1.65. The quantitative estimate of drug-likeness (QED) is 0.611. The van der Waals surface area contributed by atoms with Crippen molar-refractivity contribution in [2.45, 2.75) is 26.6 Å². The Morgan fingerprint density at radius 3 is 2.16 bits per heavy atom. The van der Waals surface area contributed by atoms with E-state index >= 15 is 0 Å². The first kappa shape index (κ1) is 16.0. The van der Waals surface area contributed by atoms with Gasteiger partial charge < -0.3 is 18.9 Å². The van der Waals surface area contributed by atoms with E-state index in [1.54, 1.807) is 7.11 Å². The van der Waals surface area contributed by atoms with E-state index in [0.717, 1.165) is 18.8 Å². The first-order valence-corrected chi connectivity index (χ1v) is 6.74. The van der Waals surface area contributed by atoms with Gasteiger partial charge in [-0.2, -0.15) is 0 Å². The Hall–Kier alpha value is -1.10. The van der Waals surface area contributed by atoms with Crippen molar-refractivity contribution in [3.63, 3.8) is 0 Å². The third kappa shape index (κ3) is 6.57. The van der Waals surface area contributed by atoms with Gasteiger partial charge >= 0.3 is 0 Å². The van der Waals surface area contributed by atoms with Gasteiger partial charge in [0.2, 0.25) is 0 Å². The number of hydrogen-bond donors (Lipinski definition) is 0. The van der Waals surface area contributed by atoms with Gasteiger partial charge in [-0.25, -0.2) is 0 Å². The van der Waals surface area contributed by atoms with Gasteiger partial charge in [0.15, 0.2) is 6.29 Å². The second-order valence-corrected chi connectivity index (χ2v) is 4.04. The van der Waals surface area contributed by atoms with Crippen LogP contribution >= 0.6 is 0 Å². The maximum absolute atomic E-state index is 5.65. The van der Waals surface area contributed by atoms with Gasteiger partial charge in [-0.15, -0.1) is 0 Å². The lowest BCUT2D eigenvalue weighted by Crippen LogP contribution is -2.25. The Morgan fingerprint density at radius 1 is 1.00 bits per heavy atom. The van der Waals surface area contributed by atoms with E-state index in [0.29, 0.717) is 19.8 Å². The van der Waals surface area contributed by atoms with E-state index in [1.807, 2.05) is 38.1 Å². The van der Waals surface area contributed by atoms with Crippen molar-refractivity contribution in [2.75, 3.05) is 33.5 Å². The molecule has 0 aliphatic rings. The zero-order valence-corrected chi connectivity index (χ0v) is 12.1. The smallest absolute Gasteiger partial charge is 0.191 e. The molecule has 0 saturated carbocycles. The number of hydrogen-bond acceptors (Lipinski definition) is 4. The van der Waals surface area contributed by atoms with Crippen molar-refractivity contribution in [2.24, 2.45) is 0 Å². The summed E-state index contributed by atoms with van der Waals surface area (Å²) in [6, 6.07) is 8.01. The normalized spacial score (nSPS) is 10.9. The summed E-state index contributed by atoms with van der Waals surface area (Å²) >= 11 is 0. The second kappa shape index (κ2) is 9.78. The number of rotatable bonds is 10. The van der Waals surface area contributed by atoms with Crippen LogP contribution in [0.3, 0.4) is 0 Å². The zero-order valence-electron chi connectivity index (χ0n) is 12.1. The molecule has 0 saturated heterocycles. The monoisotopic (exact) mass is 268 g/mol. The van der Waals surface area contributed by atoms with Gasteiger partial charge in [0.05, 0.1) is 6.61 Å². The van der Waals surface area contributed by atoms with E-state index in [4.69, 9.17) is 18.9 Å². The largest absolute Gasteiger partial charge is 0.488 e. The zero-order chi connectivity index (χ0) is 13.9. The number of ether oxygens (including phenoxy) is 4. The Labute approximate surface area is 115 Å². The molecule has 0 atom stereocenters. The molecule has 4 nitrogen and oxygen atoms in total. The molecule has 0 aliphatic carbocycles. The van der Waals surface area contributed by atoms with Crippen LogP contribution < -0.4 is 4.74 Å². The second-order valence-electron chi connectivity index (χ2n) is 4.04. The molecular formula is C15H24O4. The van der Waals surface area contributed by atoms with Crippen LogP contribution in [0.15, 0.2) is 24.3 Å². The minimum Gasteiger partial charge on any atom is -0.488 e. The Kier molecular flexibility index (Phi) is 8.21. The average molecular weight is 268 g/mol. The lowest BCUT2D eigenvalue weighted by Gasteiger charge is -2.17. The molecule has 19 heavy (non-hydrogen) atoms. The van der Waals surface area contributed by atoms with Crippen molar-refractivity contribution in [3.05, 3.63) is 29.8 Å². The Balaban J connectivity index is 2.39. The summed E-state index contributed by atoms with van der Waals surface area (Å²) in [5.74, 6) is 0.825. The van der Waals surface area contributed by atoms with Gasteiger partial charge in [0, 0.05) is 20.3 Å². The molecule has 1 rings (SSSR count). The van der Waals surface area contributed by atoms with Gasteiger partial charge in [-0.1, -0.05) is 12.1 Å². The highest BCUT2D eigenvalue weighted by Gasteiger charge is 2.08. The first-order valence-electron chi connectivity index (χ1n) is 6.74. The minimum atomic E-state index is -0.303. The van der Waals surface area contributed by atoms with Crippen molar-refractivity contribution in [3.8, 4) is 5.75 Å². The average Bonchev–Trinajstić information content (AvgIpc) is 2.44. The van der Waals surface area contributed by atoms with Crippen LogP contribution in [-0.4, -0.2) is 39.8 Å². The molecule has 0 aromatic heterocycles. The van der Waals surface area contributed by atoms with E-state index in [9.17, 15) is 0 Å². The first-order chi connectivity index (χ1) is 9.30. The highest BCUT2D eigenvalue weighted by atomic mass is 16.7. The van der Waals surface area contributed by atoms with Crippen LogP contribution in [0.25, 0.3) is 0 Å². The highest BCUT2D eigenvalue weighted by Crippen LogP contribution is 2.13. The van der Waals surface area contributed by atoms with Crippen LogP contribution in [0.4, 0.5) is 0 Å². The van der Waals surface area contributed by atoms with Crippen LogP contribution in [0.5, 0.6) is 5.75 Å².